The fourth-order valence-corrected chi connectivity index (χ4v) is 10.8. The molecule has 2 aromatic heterocycles. The molecule has 2 aromatic carbocycles. The first-order valence-electron chi connectivity index (χ1n) is 25.5. The number of alkyl halides is 1. The van der Waals surface area contributed by atoms with Crippen LogP contribution in [0.2, 0.25) is 0 Å². The van der Waals surface area contributed by atoms with Crippen molar-refractivity contribution >= 4 is 64.3 Å². The maximum absolute atomic E-state index is 14.7. The zero-order chi connectivity index (χ0) is 53.6. The number of likely N-dealkylation sites (tertiary alicyclic amines) is 2. The highest BCUT2D eigenvalue weighted by atomic mass is 32.2. The van der Waals surface area contributed by atoms with Crippen molar-refractivity contribution in [3.63, 3.8) is 0 Å². The standard InChI is InChI=1S/C52H67F3N14O5S/c1-31(57-5)47(71)63-46(51(2,3)4)50(74)69-26-33(23-40(69)49(73)62-45-35(53)12-9-13-36(45)54)61-48(72)39-15-16-41(65-64-39)68-21-18-52(30-68)28-66(29-52)19-7-6-14-43(70)60-32-10-8-11-34(22-32)75-44-25-58-42(24-59-44)67-20-17-38(56)37(55)27-67/h8-13,15-16,22,24-25,31,33,37-38,40,46,57H,6-7,14,17-21,23,26-30,56H2,1-5H3,(H,60,70)(H,61,72)(H,62,73)(H,63,71)/t31-,33+,37?,38?,40-,46+/m1/s1. The molecule has 5 amide bonds. The lowest BCUT2D eigenvalue weighted by Gasteiger charge is -2.48. The molecule has 19 nitrogen and oxygen atoms in total. The van der Waals surface area contributed by atoms with Crippen LogP contribution in [0.15, 0.2) is 76.9 Å². The number of rotatable bonds is 18. The van der Waals surface area contributed by atoms with Gasteiger partial charge in [-0.05, 0) is 100 Å². The first kappa shape index (κ1) is 54.8. The quantitative estimate of drug-likeness (QED) is 0.0760. The number of carbonyl (C=O) groups is 5. The highest BCUT2D eigenvalue weighted by Crippen LogP contribution is 2.41. The third-order valence-corrected chi connectivity index (χ3v) is 15.3. The van der Waals surface area contributed by atoms with Gasteiger partial charge in [0.25, 0.3) is 5.91 Å². The van der Waals surface area contributed by atoms with Crippen LogP contribution in [-0.2, 0) is 19.2 Å². The first-order valence-corrected chi connectivity index (χ1v) is 26.3. The number of likely N-dealkylation sites (N-methyl/N-ethyl adjacent to an activating group) is 1. The zero-order valence-electron chi connectivity index (χ0n) is 43.0. The predicted molar refractivity (Wildman–Crippen MR) is 279 cm³/mol. The predicted octanol–water partition coefficient (Wildman–Crippen LogP) is 4.37. The number of para-hydroxylation sites is 1. The molecule has 23 heteroatoms. The van der Waals surface area contributed by atoms with Crippen molar-refractivity contribution < 1.29 is 37.1 Å². The number of unbranched alkanes of at least 4 members (excludes halogenated alkanes) is 1. The van der Waals surface area contributed by atoms with E-state index in [1.165, 1.54) is 16.7 Å². The van der Waals surface area contributed by atoms with Crippen molar-refractivity contribution in [2.24, 2.45) is 16.6 Å². The number of piperidine rings is 1. The number of aromatic nitrogens is 4. The average molecular weight is 1060 g/mol. The highest BCUT2D eigenvalue weighted by molar-refractivity contribution is 7.99. The molecule has 6 atom stereocenters. The summed E-state index contributed by atoms with van der Waals surface area (Å²) < 4.78 is 43.5. The topological polar surface area (TPSA) is 236 Å². The van der Waals surface area contributed by atoms with Crippen molar-refractivity contribution in [3.8, 4) is 0 Å². The van der Waals surface area contributed by atoms with Crippen LogP contribution in [-0.4, -0.2) is 155 Å². The Labute approximate surface area is 439 Å². The third kappa shape index (κ3) is 13.5. The van der Waals surface area contributed by atoms with Gasteiger partial charge in [0.2, 0.25) is 23.6 Å². The Morgan fingerprint density at radius 1 is 0.893 bits per heavy atom. The van der Waals surface area contributed by atoms with Gasteiger partial charge >= 0.3 is 0 Å². The van der Waals surface area contributed by atoms with Crippen molar-refractivity contribution in [3.05, 3.63) is 84.3 Å². The van der Waals surface area contributed by atoms with Gasteiger partial charge in [0, 0.05) is 73.8 Å². The van der Waals surface area contributed by atoms with Crippen molar-refractivity contribution in [1.82, 2.24) is 45.9 Å². The van der Waals surface area contributed by atoms with E-state index < -0.39 is 82.7 Å². The van der Waals surface area contributed by atoms with Crippen LogP contribution < -0.4 is 42.1 Å². The van der Waals surface area contributed by atoms with Crippen molar-refractivity contribution in [2.45, 2.75) is 113 Å². The largest absolute Gasteiger partial charge is 0.354 e. The number of amides is 5. The summed E-state index contributed by atoms with van der Waals surface area (Å²) in [4.78, 5) is 85.2. The molecule has 4 aliphatic rings. The summed E-state index contributed by atoms with van der Waals surface area (Å²) in [6.45, 7) is 11.9. The van der Waals surface area contributed by atoms with E-state index in [1.807, 2.05) is 29.2 Å². The van der Waals surface area contributed by atoms with Crippen LogP contribution in [0, 0.1) is 22.5 Å². The van der Waals surface area contributed by atoms with Gasteiger partial charge in [-0.15, -0.1) is 10.2 Å². The van der Waals surface area contributed by atoms with E-state index in [2.05, 4.69) is 56.5 Å². The van der Waals surface area contributed by atoms with Crippen LogP contribution in [0.3, 0.4) is 0 Å². The lowest BCUT2D eigenvalue weighted by Crippen LogP contribution is -2.59. The minimum Gasteiger partial charge on any atom is -0.354 e. The number of benzene rings is 2. The molecule has 402 valence electrons. The summed E-state index contributed by atoms with van der Waals surface area (Å²) >= 11 is 1.43. The molecule has 7 N–H and O–H groups in total. The average Bonchev–Trinajstić information content (AvgIpc) is 4.03. The van der Waals surface area contributed by atoms with Gasteiger partial charge in [-0.1, -0.05) is 44.7 Å². The Morgan fingerprint density at radius 2 is 1.65 bits per heavy atom. The summed E-state index contributed by atoms with van der Waals surface area (Å²) in [6, 6.07) is 9.87. The maximum atomic E-state index is 14.7. The Hall–Kier alpha value is -6.43. The van der Waals surface area contributed by atoms with Crippen LogP contribution in [0.1, 0.15) is 76.7 Å². The Balaban J connectivity index is 0.778. The molecule has 0 radical (unpaired) electrons. The molecule has 75 heavy (non-hydrogen) atoms. The van der Waals surface area contributed by atoms with Gasteiger partial charge in [-0.2, -0.15) is 0 Å². The lowest BCUT2D eigenvalue weighted by atomic mass is 9.79. The fourth-order valence-electron chi connectivity index (χ4n) is 10.1. The third-order valence-electron chi connectivity index (χ3n) is 14.4. The molecule has 1 spiro atoms. The van der Waals surface area contributed by atoms with Gasteiger partial charge in [-0.25, -0.2) is 23.1 Å². The second kappa shape index (κ2) is 23.6. The van der Waals surface area contributed by atoms with Crippen molar-refractivity contribution in [2.75, 3.05) is 79.8 Å². The molecule has 0 saturated carbocycles. The second-order valence-electron chi connectivity index (χ2n) is 21.2. The Kier molecular flexibility index (Phi) is 17.3. The molecule has 4 aliphatic heterocycles. The number of hydrogen-bond acceptors (Lipinski definition) is 15. The van der Waals surface area contributed by atoms with Crippen LogP contribution in [0.4, 0.5) is 36.2 Å². The molecule has 0 bridgehead atoms. The molecule has 0 aliphatic carbocycles. The van der Waals surface area contributed by atoms with E-state index in [-0.39, 0.29) is 36.5 Å². The fraction of sp³-hybridized carbons (Fsp3) is 0.519. The molecular weight excluding hydrogens is 990 g/mol. The normalized spacial score (nSPS) is 21.3. The van der Waals surface area contributed by atoms with E-state index in [0.29, 0.717) is 41.7 Å². The second-order valence-corrected chi connectivity index (χ2v) is 22.3. The van der Waals surface area contributed by atoms with Gasteiger partial charge in [0.15, 0.2) is 11.5 Å². The zero-order valence-corrected chi connectivity index (χ0v) is 43.8. The highest BCUT2D eigenvalue weighted by Gasteiger charge is 2.48. The SMILES string of the molecule is CN[C@H](C)C(=O)N[C@@H](C(=O)N1C[C@@H](NC(=O)c2ccc(N3CCC4(CN(CCCCC(=O)Nc5cccc(Sc6cnc(N7CCC(N)C(F)C7)cn6)c5)C4)C3)nn2)C[C@@H]1C(=O)Nc1c(F)cccc1F)C(C)(C)C. The Bertz CT molecular complexity index is 2680. The summed E-state index contributed by atoms with van der Waals surface area (Å²) in [5.74, 6) is -3.27. The van der Waals surface area contributed by atoms with Gasteiger partial charge < -0.3 is 51.9 Å². The maximum Gasteiger partial charge on any atom is 0.272 e. The van der Waals surface area contributed by atoms with E-state index in [9.17, 15) is 37.1 Å². The molecule has 4 aromatic rings. The monoisotopic (exact) mass is 1060 g/mol. The van der Waals surface area contributed by atoms with Crippen molar-refractivity contribution in [1.29, 1.82) is 0 Å². The van der Waals surface area contributed by atoms with E-state index in [4.69, 9.17) is 5.73 Å². The van der Waals surface area contributed by atoms with Crippen LogP contribution in [0.5, 0.6) is 0 Å². The number of hydrogen-bond donors (Lipinski definition) is 6. The van der Waals surface area contributed by atoms with Gasteiger partial charge in [0.1, 0.15) is 46.4 Å². The molecule has 6 heterocycles. The Morgan fingerprint density at radius 3 is 2.33 bits per heavy atom. The van der Waals surface area contributed by atoms with Crippen LogP contribution in [0.25, 0.3) is 0 Å². The van der Waals surface area contributed by atoms with E-state index >= 15 is 0 Å². The smallest absolute Gasteiger partial charge is 0.272 e. The van der Waals surface area contributed by atoms with E-state index in [1.54, 1.807) is 59.3 Å². The molecular formula is C52H67F3N14O5S. The molecule has 8 rings (SSSR count). The minimum absolute atomic E-state index is 0.0245. The molecule has 4 saturated heterocycles. The molecule has 4 fully saturated rings. The van der Waals surface area contributed by atoms with Gasteiger partial charge in [-0.3, -0.25) is 24.0 Å². The van der Waals surface area contributed by atoms with Gasteiger partial charge in [0.05, 0.1) is 25.0 Å². The summed E-state index contributed by atoms with van der Waals surface area (Å²) in [6.07, 6.45) is 5.70. The lowest BCUT2D eigenvalue weighted by molar-refractivity contribution is -0.143. The summed E-state index contributed by atoms with van der Waals surface area (Å²) in [5.41, 5.74) is 5.17. The first-order chi connectivity index (χ1) is 35.8. The minimum atomic E-state index is -1.26. The summed E-state index contributed by atoms with van der Waals surface area (Å²) in [7, 11) is 1.61. The number of nitrogens with zero attached hydrogens (tertiary/aromatic N) is 8. The van der Waals surface area contributed by atoms with Crippen LogP contribution >= 0.6 is 11.8 Å². The number of nitrogens with one attached hydrogen (secondary N) is 5. The number of anilines is 4. The van der Waals surface area contributed by atoms with E-state index in [0.717, 1.165) is 75.1 Å². The number of nitrogens with two attached hydrogens (primary N) is 1. The molecule has 2 unspecified atom stereocenters. The number of carbonyl (C=O) groups excluding carboxylic acids is 5. The number of halogens is 3. The summed E-state index contributed by atoms with van der Waals surface area (Å²) in [5, 5.41) is 23.1.